The first-order valence-electron chi connectivity index (χ1n) is 11.7. The zero-order valence-electron chi connectivity index (χ0n) is 20.8. The van der Waals surface area contributed by atoms with E-state index in [4.69, 9.17) is 9.26 Å². The predicted molar refractivity (Wildman–Crippen MR) is 127 cm³/mol. The largest absolute Gasteiger partial charge is 0.461 e. The number of aromatic nitrogens is 4. The maximum Gasteiger partial charge on any atom is 0.416 e. The third kappa shape index (κ3) is 6.76. The molecule has 15 heteroatoms. The Kier molecular flexibility index (Phi) is 8.18. The lowest BCUT2D eigenvalue weighted by atomic mass is 10.1. The Morgan fingerprint density at radius 1 is 1.26 bits per heavy atom. The third-order valence-corrected chi connectivity index (χ3v) is 8.01. The highest BCUT2D eigenvalue weighted by Crippen LogP contribution is 2.32. The molecule has 0 spiro atoms. The van der Waals surface area contributed by atoms with Crippen molar-refractivity contribution in [3.8, 4) is 0 Å². The quantitative estimate of drug-likeness (QED) is 0.273. The normalized spacial score (nSPS) is 17.8. The lowest BCUT2D eigenvalue weighted by Gasteiger charge is -2.23. The van der Waals surface area contributed by atoms with Crippen LogP contribution < -0.4 is 0 Å². The topological polar surface area (TPSA) is 124 Å². The van der Waals surface area contributed by atoms with E-state index < -0.39 is 27.7 Å². The van der Waals surface area contributed by atoms with E-state index in [0.29, 0.717) is 24.4 Å². The lowest BCUT2D eigenvalue weighted by molar-refractivity contribution is -0.138. The van der Waals surface area contributed by atoms with Crippen LogP contribution >= 0.6 is 0 Å². The molecule has 1 aromatic carbocycles. The first kappa shape index (κ1) is 27.7. The van der Waals surface area contributed by atoms with Crippen molar-refractivity contribution in [2.45, 2.75) is 38.7 Å². The van der Waals surface area contributed by atoms with Crippen molar-refractivity contribution < 1.29 is 35.6 Å². The molecule has 0 saturated carbocycles. The summed E-state index contributed by atoms with van der Waals surface area (Å²) in [4.78, 5) is 13.8. The predicted octanol–water partition coefficient (Wildman–Crippen LogP) is 2.33. The first-order valence-corrected chi connectivity index (χ1v) is 13.4. The van der Waals surface area contributed by atoms with Gasteiger partial charge in [0, 0.05) is 25.2 Å². The summed E-state index contributed by atoms with van der Waals surface area (Å²) in [6.07, 6.45) is -2.56. The van der Waals surface area contributed by atoms with Gasteiger partial charge in [0.2, 0.25) is 10.0 Å². The van der Waals surface area contributed by atoms with Gasteiger partial charge >= 0.3 is 12.1 Å². The van der Waals surface area contributed by atoms with Gasteiger partial charge in [0.15, 0.2) is 5.69 Å². The number of hydrogen-bond donors (Lipinski definition) is 0. The molecule has 1 saturated heterocycles. The molecule has 0 radical (unpaired) electrons. The number of benzene rings is 1. The van der Waals surface area contributed by atoms with E-state index in [0.717, 1.165) is 6.07 Å². The first-order chi connectivity index (χ1) is 17.9. The van der Waals surface area contributed by atoms with E-state index in [1.165, 1.54) is 39.4 Å². The molecule has 206 valence electrons. The summed E-state index contributed by atoms with van der Waals surface area (Å²) in [5, 5.41) is 11.4. The monoisotopic (exact) mass is 556 g/mol. The summed E-state index contributed by atoms with van der Waals surface area (Å²) in [6, 6.07) is 6.39. The molecule has 1 aliphatic rings. The van der Waals surface area contributed by atoms with Gasteiger partial charge in [0.25, 0.3) is 0 Å². The minimum atomic E-state index is -4.50. The molecule has 0 aliphatic carbocycles. The maximum absolute atomic E-state index is 13.3. The van der Waals surface area contributed by atoms with Gasteiger partial charge in [-0.2, -0.15) is 17.5 Å². The summed E-state index contributed by atoms with van der Waals surface area (Å²) in [7, 11) is -1.78. The SMILES string of the molecule is Cc1cc(C(=O)OCCCN(C)C2CN(Cc3cn(Cc4ccccc4C(F)(F)F)nn3)S(=O)(=O)C2)no1. The molecule has 0 amide bonds. The van der Waals surface area contributed by atoms with E-state index in [-0.39, 0.29) is 49.3 Å². The van der Waals surface area contributed by atoms with Crippen LogP contribution in [0, 0.1) is 6.92 Å². The summed E-state index contributed by atoms with van der Waals surface area (Å²) in [6.45, 7) is 2.33. The molecule has 11 nitrogen and oxygen atoms in total. The molecule has 0 bridgehead atoms. The van der Waals surface area contributed by atoms with E-state index in [9.17, 15) is 26.4 Å². The van der Waals surface area contributed by atoms with Gasteiger partial charge in [-0.3, -0.25) is 0 Å². The highest BCUT2D eigenvalue weighted by molar-refractivity contribution is 7.89. The second kappa shape index (κ2) is 11.2. The minimum absolute atomic E-state index is 0.0359. The molecule has 1 unspecified atom stereocenters. The summed E-state index contributed by atoms with van der Waals surface area (Å²) in [5.41, 5.74) is -0.298. The van der Waals surface area contributed by atoms with Crippen molar-refractivity contribution in [1.29, 1.82) is 0 Å². The Morgan fingerprint density at radius 2 is 2.03 bits per heavy atom. The van der Waals surface area contributed by atoms with Crippen LogP contribution in [-0.2, 0) is 34.0 Å². The van der Waals surface area contributed by atoms with E-state index in [1.807, 2.05) is 4.90 Å². The number of nitrogens with zero attached hydrogens (tertiary/aromatic N) is 6. The van der Waals surface area contributed by atoms with Crippen LogP contribution in [-0.4, -0.2) is 82.3 Å². The second-order valence-corrected chi connectivity index (χ2v) is 11.1. The molecule has 3 heterocycles. The zero-order chi connectivity index (χ0) is 27.5. The second-order valence-electron chi connectivity index (χ2n) is 9.08. The van der Waals surface area contributed by atoms with Gasteiger partial charge in [0.05, 0.1) is 42.9 Å². The standard InChI is InChI=1S/C23H27F3N6O5S/c1-16-10-21(28-37-16)22(33)36-9-5-8-30(2)19-14-32(38(34,35)15-19)13-18-12-31(29-27-18)11-17-6-3-4-7-20(17)23(24,25)26/h3-4,6-7,10,12,19H,5,8-9,11,13-15H2,1-2H3. The summed E-state index contributed by atoms with van der Waals surface area (Å²) < 4.78 is 77.9. The fourth-order valence-electron chi connectivity index (χ4n) is 4.16. The number of rotatable bonds is 10. The number of ether oxygens (including phenoxy) is 1. The lowest BCUT2D eigenvalue weighted by Crippen LogP contribution is -2.37. The highest BCUT2D eigenvalue weighted by atomic mass is 32.2. The summed E-state index contributed by atoms with van der Waals surface area (Å²) in [5.74, 6) is -0.179. The molecule has 2 aromatic heterocycles. The van der Waals surface area contributed by atoms with Crippen molar-refractivity contribution in [2.75, 3.05) is 32.5 Å². The van der Waals surface area contributed by atoms with Crippen LogP contribution in [0.5, 0.6) is 0 Å². The fourth-order valence-corrected chi connectivity index (χ4v) is 5.94. The van der Waals surface area contributed by atoms with Gasteiger partial charge in [-0.15, -0.1) is 5.10 Å². The molecule has 0 N–H and O–H groups in total. The van der Waals surface area contributed by atoms with Gasteiger partial charge in [-0.25, -0.2) is 17.9 Å². The van der Waals surface area contributed by atoms with Crippen molar-refractivity contribution in [3.05, 3.63) is 64.8 Å². The van der Waals surface area contributed by atoms with Crippen molar-refractivity contribution in [2.24, 2.45) is 0 Å². The van der Waals surface area contributed by atoms with Crippen LogP contribution in [0.3, 0.4) is 0 Å². The molecular formula is C23H27F3N6O5S. The Bertz CT molecular complexity index is 1370. The molecule has 1 atom stereocenters. The maximum atomic E-state index is 13.3. The van der Waals surface area contributed by atoms with Crippen LogP contribution in [0.4, 0.5) is 13.2 Å². The number of aryl methyl sites for hydroxylation is 1. The van der Waals surface area contributed by atoms with Crippen molar-refractivity contribution in [1.82, 2.24) is 29.4 Å². The van der Waals surface area contributed by atoms with Gasteiger partial charge in [-0.1, -0.05) is 28.6 Å². The Labute approximate surface area is 217 Å². The third-order valence-electron chi connectivity index (χ3n) is 6.14. The van der Waals surface area contributed by atoms with Crippen molar-refractivity contribution >= 4 is 16.0 Å². The highest BCUT2D eigenvalue weighted by Gasteiger charge is 2.38. The van der Waals surface area contributed by atoms with E-state index in [2.05, 4.69) is 15.5 Å². The van der Waals surface area contributed by atoms with Gasteiger partial charge in [0.1, 0.15) is 5.76 Å². The molecular weight excluding hydrogens is 529 g/mol. The minimum Gasteiger partial charge on any atom is -0.461 e. The van der Waals surface area contributed by atoms with Crippen LogP contribution in [0.2, 0.25) is 0 Å². The number of halogens is 3. The van der Waals surface area contributed by atoms with E-state index in [1.54, 1.807) is 14.0 Å². The molecule has 38 heavy (non-hydrogen) atoms. The number of likely N-dealkylation sites (N-methyl/N-ethyl adjacent to an activating group) is 1. The number of sulfonamides is 1. The van der Waals surface area contributed by atoms with Gasteiger partial charge in [-0.05, 0) is 32.0 Å². The average Bonchev–Trinajstić information content (AvgIpc) is 3.55. The number of hydrogen-bond acceptors (Lipinski definition) is 9. The molecule has 1 aliphatic heterocycles. The fraction of sp³-hybridized carbons (Fsp3) is 0.478. The molecule has 3 aromatic rings. The zero-order valence-corrected chi connectivity index (χ0v) is 21.6. The molecule has 4 rings (SSSR count). The number of carbonyl (C=O) groups excluding carboxylic acids is 1. The molecule has 1 fully saturated rings. The summed E-state index contributed by atoms with van der Waals surface area (Å²) >= 11 is 0. The van der Waals surface area contributed by atoms with Crippen LogP contribution in [0.15, 0.2) is 41.1 Å². The Balaban J connectivity index is 1.28. The van der Waals surface area contributed by atoms with Crippen LogP contribution in [0.1, 0.15) is 39.5 Å². The van der Waals surface area contributed by atoms with Crippen LogP contribution in [0.25, 0.3) is 0 Å². The Hall–Kier alpha value is -3.30. The van der Waals surface area contributed by atoms with E-state index >= 15 is 0 Å². The number of esters is 1. The number of carbonyl (C=O) groups is 1. The average molecular weight is 557 g/mol. The number of alkyl halides is 3. The Morgan fingerprint density at radius 3 is 2.74 bits per heavy atom. The van der Waals surface area contributed by atoms with Gasteiger partial charge < -0.3 is 14.2 Å². The van der Waals surface area contributed by atoms with Crippen molar-refractivity contribution in [3.63, 3.8) is 0 Å². The smallest absolute Gasteiger partial charge is 0.416 e.